The van der Waals surface area contributed by atoms with Crippen LogP contribution in [0.2, 0.25) is 0 Å². The van der Waals surface area contributed by atoms with Gasteiger partial charge in [0.2, 0.25) is 0 Å². The molecule has 2 atom stereocenters. The molecular weight excluding hydrogens is 208 g/mol. The van der Waals surface area contributed by atoms with E-state index in [2.05, 4.69) is 17.1 Å². The molecule has 2 saturated heterocycles. The van der Waals surface area contributed by atoms with Crippen LogP contribution in [0.4, 0.5) is 0 Å². The second kappa shape index (κ2) is 4.89. The molecule has 98 valence electrons. The molecule has 1 saturated carbocycles. The molecule has 3 aliphatic rings. The minimum atomic E-state index is 0.643. The minimum absolute atomic E-state index is 0.643. The van der Waals surface area contributed by atoms with Crippen LogP contribution >= 0.6 is 0 Å². The smallest absolute Gasteiger partial charge is 0.00391 e. The molecule has 17 heavy (non-hydrogen) atoms. The van der Waals surface area contributed by atoms with Crippen molar-refractivity contribution in [1.82, 2.24) is 10.2 Å². The number of hydrogen-bond donors (Lipinski definition) is 1. The summed E-state index contributed by atoms with van der Waals surface area (Å²) in [6.07, 6.45) is 8.71. The Balaban J connectivity index is 1.58. The Hall–Kier alpha value is -0.0800. The molecule has 0 spiro atoms. The van der Waals surface area contributed by atoms with Crippen LogP contribution < -0.4 is 5.32 Å². The Morgan fingerprint density at radius 2 is 1.76 bits per heavy atom. The molecule has 3 rings (SSSR count). The summed E-state index contributed by atoms with van der Waals surface area (Å²) < 4.78 is 0. The Morgan fingerprint density at radius 3 is 2.35 bits per heavy atom. The van der Waals surface area contributed by atoms with Crippen LogP contribution in [-0.4, -0.2) is 37.6 Å². The Bertz CT molecular complexity index is 246. The predicted octanol–water partition coefficient (Wildman–Crippen LogP) is 2.50. The normalized spacial score (nSPS) is 37.2. The molecule has 0 aromatic heterocycles. The molecule has 2 heterocycles. The third-order valence-corrected chi connectivity index (χ3v) is 5.78. The molecular formula is C15H28N2. The van der Waals surface area contributed by atoms with Crippen molar-refractivity contribution in [3.8, 4) is 0 Å². The van der Waals surface area contributed by atoms with Crippen molar-refractivity contribution in [2.45, 2.75) is 45.4 Å². The van der Waals surface area contributed by atoms with Gasteiger partial charge in [-0.1, -0.05) is 13.3 Å². The third-order valence-electron chi connectivity index (χ3n) is 5.78. The average molecular weight is 236 g/mol. The first-order chi connectivity index (χ1) is 8.31. The summed E-state index contributed by atoms with van der Waals surface area (Å²) in [4.78, 5) is 2.81. The van der Waals surface area contributed by atoms with Gasteiger partial charge in [-0.3, -0.25) is 0 Å². The Morgan fingerprint density at radius 1 is 1.12 bits per heavy atom. The van der Waals surface area contributed by atoms with E-state index < -0.39 is 0 Å². The van der Waals surface area contributed by atoms with E-state index in [1.54, 1.807) is 0 Å². The summed E-state index contributed by atoms with van der Waals surface area (Å²) in [5.41, 5.74) is 0.643. The van der Waals surface area contributed by atoms with Gasteiger partial charge in [0.1, 0.15) is 0 Å². The van der Waals surface area contributed by atoms with Crippen LogP contribution in [0.25, 0.3) is 0 Å². The molecule has 0 radical (unpaired) electrons. The van der Waals surface area contributed by atoms with Gasteiger partial charge in [-0.25, -0.2) is 0 Å². The second-order valence-electron chi connectivity index (χ2n) is 6.75. The fourth-order valence-corrected chi connectivity index (χ4v) is 4.52. The van der Waals surface area contributed by atoms with Crippen molar-refractivity contribution in [1.29, 1.82) is 0 Å². The van der Waals surface area contributed by atoms with Gasteiger partial charge in [0, 0.05) is 19.6 Å². The maximum absolute atomic E-state index is 3.52. The van der Waals surface area contributed by atoms with Crippen molar-refractivity contribution >= 4 is 0 Å². The monoisotopic (exact) mass is 236 g/mol. The highest BCUT2D eigenvalue weighted by Crippen LogP contribution is 2.41. The van der Waals surface area contributed by atoms with Gasteiger partial charge in [-0.15, -0.1) is 0 Å². The zero-order valence-corrected chi connectivity index (χ0v) is 11.4. The van der Waals surface area contributed by atoms with E-state index in [0.29, 0.717) is 5.41 Å². The summed E-state index contributed by atoms with van der Waals surface area (Å²) in [6, 6.07) is 0. The molecule has 0 amide bonds. The predicted molar refractivity (Wildman–Crippen MR) is 72.1 cm³/mol. The highest BCUT2D eigenvalue weighted by molar-refractivity contribution is 4.93. The van der Waals surface area contributed by atoms with Crippen LogP contribution in [0.1, 0.15) is 45.4 Å². The molecule has 0 bridgehead atoms. The molecule has 0 aromatic rings. The highest BCUT2D eigenvalue weighted by atomic mass is 15.2. The zero-order chi connectivity index (χ0) is 11.7. The van der Waals surface area contributed by atoms with Gasteiger partial charge in [-0.2, -0.15) is 0 Å². The van der Waals surface area contributed by atoms with E-state index in [9.17, 15) is 0 Å². The largest absolute Gasteiger partial charge is 0.317 e. The van der Waals surface area contributed by atoms with E-state index in [4.69, 9.17) is 0 Å². The number of hydrogen-bond acceptors (Lipinski definition) is 2. The number of nitrogens with one attached hydrogen (secondary N) is 1. The standard InChI is InChI=1S/C15H28N2/c1-2-15(6-8-16-9-7-15)12-17-10-13-4-3-5-14(13)11-17/h13-14,16H,2-12H2,1H3. The minimum Gasteiger partial charge on any atom is -0.317 e. The van der Waals surface area contributed by atoms with Crippen LogP contribution in [0.5, 0.6) is 0 Å². The first-order valence-corrected chi connectivity index (χ1v) is 7.74. The zero-order valence-electron chi connectivity index (χ0n) is 11.4. The van der Waals surface area contributed by atoms with Gasteiger partial charge in [-0.05, 0) is 62.4 Å². The SMILES string of the molecule is CCC1(CN2CC3CCCC3C2)CCNCC1. The summed E-state index contributed by atoms with van der Waals surface area (Å²) >= 11 is 0. The molecule has 2 aliphatic heterocycles. The summed E-state index contributed by atoms with van der Waals surface area (Å²) in [6.45, 7) is 9.11. The maximum atomic E-state index is 3.52. The average Bonchev–Trinajstić information content (AvgIpc) is 2.91. The van der Waals surface area contributed by atoms with E-state index in [0.717, 1.165) is 11.8 Å². The van der Waals surface area contributed by atoms with Crippen molar-refractivity contribution in [3.05, 3.63) is 0 Å². The third kappa shape index (κ3) is 2.39. The van der Waals surface area contributed by atoms with Crippen LogP contribution in [-0.2, 0) is 0 Å². The number of fused-ring (bicyclic) bond motifs is 1. The van der Waals surface area contributed by atoms with Gasteiger partial charge < -0.3 is 10.2 Å². The first-order valence-electron chi connectivity index (χ1n) is 7.74. The lowest BCUT2D eigenvalue weighted by atomic mass is 9.76. The van der Waals surface area contributed by atoms with Crippen molar-refractivity contribution < 1.29 is 0 Å². The molecule has 3 fully saturated rings. The second-order valence-corrected chi connectivity index (χ2v) is 6.75. The van der Waals surface area contributed by atoms with Gasteiger partial charge in [0.05, 0.1) is 0 Å². The van der Waals surface area contributed by atoms with Crippen LogP contribution in [0.3, 0.4) is 0 Å². The van der Waals surface area contributed by atoms with Crippen molar-refractivity contribution in [2.75, 3.05) is 32.7 Å². The van der Waals surface area contributed by atoms with Gasteiger partial charge >= 0.3 is 0 Å². The van der Waals surface area contributed by atoms with Crippen molar-refractivity contribution in [2.24, 2.45) is 17.3 Å². The fraction of sp³-hybridized carbons (Fsp3) is 1.00. The van der Waals surface area contributed by atoms with E-state index in [1.165, 1.54) is 71.2 Å². The number of piperidine rings is 1. The van der Waals surface area contributed by atoms with Crippen LogP contribution in [0.15, 0.2) is 0 Å². The van der Waals surface area contributed by atoms with E-state index in [-0.39, 0.29) is 0 Å². The lowest BCUT2D eigenvalue weighted by Crippen LogP contribution is -2.44. The molecule has 2 heteroatoms. The van der Waals surface area contributed by atoms with Gasteiger partial charge in [0.25, 0.3) is 0 Å². The lowest BCUT2D eigenvalue weighted by molar-refractivity contribution is 0.117. The summed E-state index contributed by atoms with van der Waals surface area (Å²) in [5, 5.41) is 3.52. The topological polar surface area (TPSA) is 15.3 Å². The van der Waals surface area contributed by atoms with Crippen LogP contribution in [0, 0.1) is 17.3 Å². The number of rotatable bonds is 3. The highest BCUT2D eigenvalue weighted by Gasteiger charge is 2.39. The number of likely N-dealkylation sites (tertiary alicyclic amines) is 1. The number of nitrogens with zero attached hydrogens (tertiary/aromatic N) is 1. The van der Waals surface area contributed by atoms with Gasteiger partial charge in [0.15, 0.2) is 0 Å². The summed E-state index contributed by atoms with van der Waals surface area (Å²) in [5.74, 6) is 2.12. The fourth-order valence-electron chi connectivity index (χ4n) is 4.52. The molecule has 0 aromatic carbocycles. The quantitative estimate of drug-likeness (QED) is 0.810. The molecule has 2 nitrogen and oxygen atoms in total. The molecule has 2 unspecified atom stereocenters. The Labute approximate surface area is 106 Å². The molecule has 1 aliphatic carbocycles. The Kier molecular flexibility index (Phi) is 3.45. The molecule has 1 N–H and O–H groups in total. The van der Waals surface area contributed by atoms with Crippen molar-refractivity contribution in [3.63, 3.8) is 0 Å². The maximum Gasteiger partial charge on any atom is 0.00391 e. The summed E-state index contributed by atoms with van der Waals surface area (Å²) in [7, 11) is 0. The first kappa shape index (κ1) is 12.0. The van der Waals surface area contributed by atoms with E-state index >= 15 is 0 Å². The lowest BCUT2D eigenvalue weighted by Gasteiger charge is -2.40. The van der Waals surface area contributed by atoms with E-state index in [1.807, 2.05) is 0 Å².